The highest BCUT2D eigenvalue weighted by Gasteiger charge is 2.42. The van der Waals surface area contributed by atoms with Gasteiger partial charge in [0, 0.05) is 13.0 Å². The Morgan fingerprint density at radius 3 is 2.73 bits per heavy atom. The van der Waals surface area contributed by atoms with Crippen LogP contribution in [0.4, 0.5) is 13.2 Å². The minimum absolute atomic E-state index is 0.0895. The Balaban J connectivity index is 2.25. The van der Waals surface area contributed by atoms with Gasteiger partial charge in [0.2, 0.25) is 0 Å². The third-order valence-electron chi connectivity index (χ3n) is 2.67. The predicted octanol–water partition coefficient (Wildman–Crippen LogP) is 0.861. The second-order valence-corrected chi connectivity index (χ2v) is 3.62. The van der Waals surface area contributed by atoms with Crippen LogP contribution < -0.4 is 5.73 Å². The molecule has 2 N–H and O–H groups in total. The van der Waals surface area contributed by atoms with Crippen molar-refractivity contribution in [3.63, 3.8) is 0 Å². The van der Waals surface area contributed by atoms with Crippen molar-refractivity contribution < 1.29 is 13.2 Å². The van der Waals surface area contributed by atoms with Crippen molar-refractivity contribution >= 4 is 0 Å². The van der Waals surface area contributed by atoms with Crippen LogP contribution in [0, 0.1) is 5.92 Å². The zero-order valence-corrected chi connectivity index (χ0v) is 7.96. The summed E-state index contributed by atoms with van der Waals surface area (Å²) in [6, 6.07) is 0. The normalized spacial score (nSPS) is 21.5. The maximum absolute atomic E-state index is 12.5. The molecule has 0 saturated heterocycles. The van der Waals surface area contributed by atoms with Gasteiger partial charge in [-0.15, -0.1) is 10.2 Å². The molecule has 1 atom stereocenters. The molecule has 0 bridgehead atoms. The number of rotatable bonds is 1. The minimum atomic E-state index is -4.15. The number of fused-ring (bicyclic) bond motifs is 1. The monoisotopic (exact) mass is 220 g/mol. The fraction of sp³-hybridized carbons (Fsp3) is 0.750. The van der Waals surface area contributed by atoms with E-state index in [1.54, 1.807) is 0 Å². The summed E-state index contributed by atoms with van der Waals surface area (Å²) >= 11 is 0. The highest BCUT2D eigenvalue weighted by atomic mass is 19.4. The highest BCUT2D eigenvalue weighted by Crippen LogP contribution is 2.34. The second kappa shape index (κ2) is 3.48. The third-order valence-corrected chi connectivity index (χ3v) is 2.67. The summed E-state index contributed by atoms with van der Waals surface area (Å²) in [7, 11) is 0. The maximum atomic E-state index is 12.5. The average molecular weight is 220 g/mol. The van der Waals surface area contributed by atoms with Crippen molar-refractivity contribution in [1.29, 1.82) is 0 Å². The van der Waals surface area contributed by atoms with Gasteiger partial charge in [0.25, 0.3) is 0 Å². The Morgan fingerprint density at radius 1 is 1.40 bits per heavy atom. The average Bonchev–Trinajstić information content (AvgIpc) is 2.57. The van der Waals surface area contributed by atoms with E-state index in [1.807, 2.05) is 0 Å². The number of hydrogen-bond acceptors (Lipinski definition) is 3. The molecule has 0 aliphatic carbocycles. The molecule has 4 nitrogen and oxygen atoms in total. The number of nitrogens with zero attached hydrogens (tertiary/aromatic N) is 3. The van der Waals surface area contributed by atoms with Crippen LogP contribution in [0.2, 0.25) is 0 Å². The molecule has 2 rings (SSSR count). The van der Waals surface area contributed by atoms with Gasteiger partial charge in [0.05, 0.1) is 12.5 Å². The number of alkyl halides is 3. The largest absolute Gasteiger partial charge is 0.393 e. The van der Waals surface area contributed by atoms with E-state index in [4.69, 9.17) is 5.73 Å². The molecule has 0 fully saturated rings. The van der Waals surface area contributed by atoms with Crippen molar-refractivity contribution in [2.75, 3.05) is 0 Å². The summed E-state index contributed by atoms with van der Waals surface area (Å²) in [5.74, 6) is -0.263. The van der Waals surface area contributed by atoms with E-state index in [9.17, 15) is 13.2 Å². The standard InChI is InChI=1S/C8H11F3N4/c9-8(10,11)5-1-2-6-13-14-7(3-12)15(6)4-5/h5H,1-4,12H2/t5-/m1/s1. The Morgan fingerprint density at radius 2 is 2.13 bits per heavy atom. The van der Waals surface area contributed by atoms with E-state index >= 15 is 0 Å². The molecule has 0 spiro atoms. The van der Waals surface area contributed by atoms with Crippen molar-refractivity contribution in [1.82, 2.24) is 14.8 Å². The Bertz CT molecular complexity index is 344. The molecule has 0 amide bonds. The molecular weight excluding hydrogens is 209 g/mol. The van der Waals surface area contributed by atoms with Gasteiger partial charge in [-0.2, -0.15) is 13.2 Å². The zero-order valence-electron chi connectivity index (χ0n) is 7.96. The minimum Gasteiger partial charge on any atom is -0.324 e. The molecule has 0 saturated carbocycles. The molecule has 2 heterocycles. The molecule has 84 valence electrons. The first kappa shape index (κ1) is 10.4. The summed E-state index contributed by atoms with van der Waals surface area (Å²) < 4.78 is 39.0. The van der Waals surface area contributed by atoms with E-state index in [-0.39, 0.29) is 19.5 Å². The molecule has 0 aromatic carbocycles. The van der Waals surface area contributed by atoms with Crippen LogP contribution in [0.1, 0.15) is 18.1 Å². The molecule has 15 heavy (non-hydrogen) atoms. The first-order valence-corrected chi connectivity index (χ1v) is 4.70. The van der Waals surface area contributed by atoms with Gasteiger partial charge in [0.15, 0.2) is 0 Å². The first-order chi connectivity index (χ1) is 7.02. The number of halogens is 3. The number of hydrogen-bond donors (Lipinski definition) is 1. The lowest BCUT2D eigenvalue weighted by Gasteiger charge is -2.25. The molecule has 0 radical (unpaired) electrons. The van der Waals surface area contributed by atoms with Crippen LogP contribution in [0.25, 0.3) is 0 Å². The van der Waals surface area contributed by atoms with E-state index in [1.165, 1.54) is 4.57 Å². The zero-order chi connectivity index (χ0) is 11.1. The van der Waals surface area contributed by atoms with Crippen LogP contribution >= 0.6 is 0 Å². The van der Waals surface area contributed by atoms with Crippen LogP contribution in [0.15, 0.2) is 0 Å². The summed E-state index contributed by atoms with van der Waals surface area (Å²) in [6.45, 7) is 0.0238. The van der Waals surface area contributed by atoms with E-state index in [2.05, 4.69) is 10.2 Å². The molecule has 1 aliphatic heterocycles. The third kappa shape index (κ3) is 1.83. The highest BCUT2D eigenvalue weighted by molar-refractivity contribution is 5.00. The summed E-state index contributed by atoms with van der Waals surface area (Å²) in [5, 5.41) is 7.56. The maximum Gasteiger partial charge on any atom is 0.393 e. The molecule has 0 unspecified atom stereocenters. The molecule has 1 aliphatic rings. The Hall–Kier alpha value is -1.11. The van der Waals surface area contributed by atoms with Crippen molar-refractivity contribution in [3.05, 3.63) is 11.6 Å². The summed E-state index contributed by atoms with van der Waals surface area (Å²) in [6.07, 6.45) is -3.74. The van der Waals surface area contributed by atoms with Gasteiger partial charge in [-0.25, -0.2) is 0 Å². The molecule has 7 heteroatoms. The fourth-order valence-electron chi connectivity index (χ4n) is 1.80. The lowest BCUT2D eigenvalue weighted by atomic mass is 9.99. The Kier molecular flexibility index (Phi) is 2.41. The second-order valence-electron chi connectivity index (χ2n) is 3.62. The Labute approximate surface area is 84.3 Å². The van der Waals surface area contributed by atoms with E-state index in [0.717, 1.165) is 0 Å². The van der Waals surface area contributed by atoms with Gasteiger partial charge >= 0.3 is 6.18 Å². The first-order valence-electron chi connectivity index (χ1n) is 4.70. The van der Waals surface area contributed by atoms with Crippen molar-refractivity contribution in [2.24, 2.45) is 11.7 Å². The van der Waals surface area contributed by atoms with Gasteiger partial charge in [0.1, 0.15) is 11.6 Å². The fourth-order valence-corrected chi connectivity index (χ4v) is 1.80. The summed E-state index contributed by atoms with van der Waals surface area (Å²) in [5.41, 5.74) is 5.37. The molecule has 1 aromatic rings. The van der Waals surface area contributed by atoms with Crippen LogP contribution in [0.5, 0.6) is 0 Å². The SMILES string of the molecule is NCc1nnc2n1C[C@H](C(F)(F)F)CC2. The number of nitrogens with two attached hydrogens (primary N) is 1. The lowest BCUT2D eigenvalue weighted by molar-refractivity contribution is -0.182. The van der Waals surface area contributed by atoms with Crippen LogP contribution in [-0.2, 0) is 19.5 Å². The van der Waals surface area contributed by atoms with E-state index in [0.29, 0.717) is 18.1 Å². The van der Waals surface area contributed by atoms with Gasteiger partial charge in [-0.1, -0.05) is 0 Å². The smallest absolute Gasteiger partial charge is 0.324 e. The lowest BCUT2D eigenvalue weighted by Crippen LogP contribution is -2.33. The molecular formula is C8H11F3N4. The summed E-state index contributed by atoms with van der Waals surface area (Å²) in [4.78, 5) is 0. The van der Waals surface area contributed by atoms with Crippen molar-refractivity contribution in [3.8, 4) is 0 Å². The van der Waals surface area contributed by atoms with Crippen LogP contribution in [-0.4, -0.2) is 20.9 Å². The van der Waals surface area contributed by atoms with Crippen LogP contribution in [0.3, 0.4) is 0 Å². The quantitative estimate of drug-likeness (QED) is 0.763. The van der Waals surface area contributed by atoms with E-state index < -0.39 is 12.1 Å². The van der Waals surface area contributed by atoms with Crippen molar-refractivity contribution in [2.45, 2.75) is 32.1 Å². The number of aromatic nitrogens is 3. The topological polar surface area (TPSA) is 56.7 Å². The molecule has 1 aromatic heterocycles. The van der Waals surface area contributed by atoms with Gasteiger partial charge < -0.3 is 10.3 Å². The van der Waals surface area contributed by atoms with Gasteiger partial charge in [-0.3, -0.25) is 0 Å². The number of aryl methyl sites for hydroxylation is 1. The van der Waals surface area contributed by atoms with Gasteiger partial charge in [-0.05, 0) is 6.42 Å². The predicted molar refractivity (Wildman–Crippen MR) is 45.8 cm³/mol.